The second kappa shape index (κ2) is 6.57. The molecule has 2 nitrogen and oxygen atoms in total. The fraction of sp³-hybridized carbons (Fsp3) is 0.538. The third-order valence-electron chi connectivity index (χ3n) is 2.55. The van der Waals surface area contributed by atoms with Gasteiger partial charge in [-0.25, -0.2) is 0 Å². The van der Waals surface area contributed by atoms with Gasteiger partial charge in [0.15, 0.2) is 0 Å². The normalized spacial score (nSPS) is 13.1. The molecule has 0 saturated heterocycles. The van der Waals surface area contributed by atoms with Crippen molar-refractivity contribution >= 4 is 22.6 Å². The molecular formula is C13H21IN2. The molecule has 0 amide bonds. The second-order valence-corrected chi connectivity index (χ2v) is 5.67. The molecule has 90 valence electrons. The fourth-order valence-electron chi connectivity index (χ4n) is 1.74. The SMILES string of the molecule is Cc1cccc(CNC(C)CN(C)C)c1I. The molecule has 0 heterocycles. The zero-order valence-corrected chi connectivity index (χ0v) is 12.7. The number of hydrogen-bond acceptors (Lipinski definition) is 2. The monoisotopic (exact) mass is 332 g/mol. The highest BCUT2D eigenvalue weighted by Gasteiger charge is 2.05. The van der Waals surface area contributed by atoms with Crippen LogP contribution in [0.5, 0.6) is 0 Å². The van der Waals surface area contributed by atoms with Crippen molar-refractivity contribution in [3.63, 3.8) is 0 Å². The highest BCUT2D eigenvalue weighted by Crippen LogP contribution is 2.16. The number of aryl methyl sites for hydroxylation is 1. The van der Waals surface area contributed by atoms with Crippen molar-refractivity contribution in [2.24, 2.45) is 0 Å². The van der Waals surface area contributed by atoms with Crippen LogP contribution in [0.4, 0.5) is 0 Å². The number of rotatable bonds is 5. The second-order valence-electron chi connectivity index (χ2n) is 4.59. The summed E-state index contributed by atoms with van der Waals surface area (Å²) in [7, 11) is 4.21. The number of likely N-dealkylation sites (N-methyl/N-ethyl adjacent to an activating group) is 1. The van der Waals surface area contributed by atoms with E-state index in [1.165, 1.54) is 14.7 Å². The standard InChI is InChI=1S/C13H21IN2/c1-10-6-5-7-12(13(10)14)8-15-11(2)9-16(3)4/h5-7,11,15H,8-9H2,1-4H3. The molecule has 1 N–H and O–H groups in total. The summed E-state index contributed by atoms with van der Waals surface area (Å²) in [5.41, 5.74) is 2.76. The highest BCUT2D eigenvalue weighted by molar-refractivity contribution is 14.1. The Hall–Kier alpha value is -0.130. The number of nitrogens with one attached hydrogen (secondary N) is 1. The van der Waals surface area contributed by atoms with Crippen LogP contribution in [0.25, 0.3) is 0 Å². The third kappa shape index (κ3) is 4.39. The van der Waals surface area contributed by atoms with Gasteiger partial charge in [-0.05, 0) is 61.7 Å². The van der Waals surface area contributed by atoms with Crippen molar-refractivity contribution in [3.8, 4) is 0 Å². The van der Waals surface area contributed by atoms with Gasteiger partial charge < -0.3 is 10.2 Å². The van der Waals surface area contributed by atoms with Crippen LogP contribution in [-0.4, -0.2) is 31.6 Å². The first-order valence-corrected chi connectivity index (χ1v) is 6.70. The van der Waals surface area contributed by atoms with E-state index in [9.17, 15) is 0 Å². The summed E-state index contributed by atoms with van der Waals surface area (Å²) in [6, 6.07) is 7.01. The lowest BCUT2D eigenvalue weighted by molar-refractivity contribution is 0.349. The van der Waals surface area contributed by atoms with E-state index in [4.69, 9.17) is 0 Å². The molecule has 0 saturated carbocycles. The molecular weight excluding hydrogens is 311 g/mol. The maximum absolute atomic E-state index is 3.55. The molecule has 1 atom stereocenters. The molecule has 0 bridgehead atoms. The number of benzene rings is 1. The van der Waals surface area contributed by atoms with Gasteiger partial charge in [0.1, 0.15) is 0 Å². The van der Waals surface area contributed by atoms with Crippen LogP contribution in [0.15, 0.2) is 18.2 Å². The molecule has 16 heavy (non-hydrogen) atoms. The minimum Gasteiger partial charge on any atom is -0.309 e. The highest BCUT2D eigenvalue weighted by atomic mass is 127. The molecule has 0 spiro atoms. The molecule has 0 aliphatic rings. The first-order valence-electron chi connectivity index (χ1n) is 5.63. The first kappa shape index (κ1) is 13.9. The van der Waals surface area contributed by atoms with E-state index in [0.29, 0.717) is 6.04 Å². The van der Waals surface area contributed by atoms with E-state index in [1.807, 2.05) is 0 Å². The van der Waals surface area contributed by atoms with Crippen LogP contribution in [0.1, 0.15) is 18.1 Å². The molecule has 0 aliphatic heterocycles. The minimum atomic E-state index is 0.520. The van der Waals surface area contributed by atoms with Crippen molar-refractivity contribution in [1.82, 2.24) is 10.2 Å². The third-order valence-corrected chi connectivity index (χ3v) is 4.10. The Labute approximate surface area is 113 Å². The van der Waals surface area contributed by atoms with E-state index < -0.39 is 0 Å². The summed E-state index contributed by atoms with van der Waals surface area (Å²) in [5.74, 6) is 0. The van der Waals surface area contributed by atoms with Crippen LogP contribution in [-0.2, 0) is 6.54 Å². The van der Waals surface area contributed by atoms with Crippen molar-refractivity contribution in [1.29, 1.82) is 0 Å². The van der Waals surface area contributed by atoms with Gasteiger partial charge in [0.25, 0.3) is 0 Å². The van der Waals surface area contributed by atoms with Crippen LogP contribution in [0, 0.1) is 10.5 Å². The Morgan fingerprint density at radius 3 is 2.69 bits per heavy atom. The summed E-state index contributed by atoms with van der Waals surface area (Å²) in [6.07, 6.45) is 0. The largest absolute Gasteiger partial charge is 0.309 e. The van der Waals surface area contributed by atoms with Crippen molar-refractivity contribution < 1.29 is 0 Å². The molecule has 0 aromatic heterocycles. The lowest BCUT2D eigenvalue weighted by Gasteiger charge is -2.19. The Balaban J connectivity index is 2.51. The maximum atomic E-state index is 3.55. The Kier molecular flexibility index (Phi) is 5.72. The topological polar surface area (TPSA) is 15.3 Å². The van der Waals surface area contributed by atoms with Gasteiger partial charge in [0.05, 0.1) is 0 Å². The summed E-state index contributed by atoms with van der Waals surface area (Å²) < 4.78 is 1.38. The van der Waals surface area contributed by atoms with Gasteiger partial charge >= 0.3 is 0 Å². The van der Waals surface area contributed by atoms with Gasteiger partial charge in [-0.1, -0.05) is 18.2 Å². The average Bonchev–Trinajstić information content (AvgIpc) is 2.19. The Bertz CT molecular complexity index is 337. The molecule has 0 fully saturated rings. The predicted molar refractivity (Wildman–Crippen MR) is 78.8 cm³/mol. The van der Waals surface area contributed by atoms with E-state index in [-0.39, 0.29) is 0 Å². The minimum absolute atomic E-state index is 0.520. The van der Waals surface area contributed by atoms with Gasteiger partial charge in [0, 0.05) is 22.7 Å². The lowest BCUT2D eigenvalue weighted by atomic mass is 10.1. The average molecular weight is 332 g/mol. The molecule has 3 heteroatoms. The number of hydrogen-bond donors (Lipinski definition) is 1. The summed E-state index contributed by atoms with van der Waals surface area (Å²) >= 11 is 2.43. The molecule has 1 aromatic carbocycles. The van der Waals surface area contributed by atoms with Crippen LogP contribution >= 0.6 is 22.6 Å². The van der Waals surface area contributed by atoms with E-state index >= 15 is 0 Å². The number of halogens is 1. The van der Waals surface area contributed by atoms with E-state index in [0.717, 1.165) is 13.1 Å². The molecule has 1 aromatic rings. The molecule has 1 rings (SSSR count). The zero-order chi connectivity index (χ0) is 12.1. The molecule has 1 unspecified atom stereocenters. The van der Waals surface area contributed by atoms with Gasteiger partial charge in [-0.3, -0.25) is 0 Å². The summed E-state index contributed by atoms with van der Waals surface area (Å²) in [4.78, 5) is 2.21. The van der Waals surface area contributed by atoms with Crippen LogP contribution in [0.2, 0.25) is 0 Å². The number of nitrogens with zero attached hydrogens (tertiary/aromatic N) is 1. The maximum Gasteiger partial charge on any atom is 0.0219 e. The fourth-order valence-corrected chi connectivity index (χ4v) is 2.29. The quantitative estimate of drug-likeness (QED) is 0.834. The summed E-state index contributed by atoms with van der Waals surface area (Å²) in [6.45, 7) is 6.41. The summed E-state index contributed by atoms with van der Waals surface area (Å²) in [5, 5.41) is 3.55. The van der Waals surface area contributed by atoms with Crippen molar-refractivity contribution in [3.05, 3.63) is 32.9 Å². The van der Waals surface area contributed by atoms with Crippen LogP contribution in [0.3, 0.4) is 0 Å². The Morgan fingerprint density at radius 1 is 1.38 bits per heavy atom. The smallest absolute Gasteiger partial charge is 0.0219 e. The molecule has 0 aliphatic carbocycles. The van der Waals surface area contributed by atoms with Gasteiger partial charge in [-0.2, -0.15) is 0 Å². The predicted octanol–water partition coefficient (Wildman–Crippen LogP) is 2.64. The van der Waals surface area contributed by atoms with Crippen molar-refractivity contribution in [2.45, 2.75) is 26.4 Å². The zero-order valence-electron chi connectivity index (χ0n) is 10.5. The van der Waals surface area contributed by atoms with Crippen molar-refractivity contribution in [2.75, 3.05) is 20.6 Å². The van der Waals surface area contributed by atoms with E-state index in [2.05, 4.69) is 78.9 Å². The van der Waals surface area contributed by atoms with Gasteiger partial charge in [-0.15, -0.1) is 0 Å². The van der Waals surface area contributed by atoms with Gasteiger partial charge in [0.2, 0.25) is 0 Å². The Morgan fingerprint density at radius 2 is 2.06 bits per heavy atom. The van der Waals surface area contributed by atoms with E-state index in [1.54, 1.807) is 0 Å². The lowest BCUT2D eigenvalue weighted by Crippen LogP contribution is -2.35. The molecule has 0 radical (unpaired) electrons. The first-order chi connectivity index (χ1) is 7.50. The van der Waals surface area contributed by atoms with Crippen LogP contribution < -0.4 is 5.32 Å².